The summed E-state index contributed by atoms with van der Waals surface area (Å²) in [6.45, 7) is 0. The Balaban J connectivity index is 1.75. The van der Waals surface area contributed by atoms with Crippen LogP contribution in [0, 0.1) is 5.82 Å². The second-order valence-corrected chi connectivity index (χ2v) is 6.70. The summed E-state index contributed by atoms with van der Waals surface area (Å²) in [5.41, 5.74) is 4.28. The van der Waals surface area contributed by atoms with Gasteiger partial charge in [-0.25, -0.2) is 4.39 Å². The molecule has 2 heterocycles. The zero-order chi connectivity index (χ0) is 19.1. The van der Waals surface area contributed by atoms with Crippen LogP contribution in [0.3, 0.4) is 0 Å². The normalized spacial score (nSPS) is 15.7. The fraction of sp³-hybridized carbons (Fsp3) is 0.0435. The summed E-state index contributed by atoms with van der Waals surface area (Å²) in [6.07, 6.45) is 0. The van der Waals surface area contributed by atoms with E-state index in [1.54, 1.807) is 11.0 Å². The molecule has 28 heavy (non-hydrogen) atoms. The van der Waals surface area contributed by atoms with E-state index >= 15 is 0 Å². The Kier molecular flexibility index (Phi) is 3.79. The lowest BCUT2D eigenvalue weighted by molar-refractivity contribution is 0.0988. The highest BCUT2D eigenvalue weighted by molar-refractivity contribution is 6.11. The van der Waals surface area contributed by atoms with E-state index in [9.17, 15) is 9.18 Å². The number of anilines is 1. The summed E-state index contributed by atoms with van der Waals surface area (Å²) >= 11 is 0. The highest BCUT2D eigenvalue weighted by atomic mass is 19.1. The zero-order valence-electron chi connectivity index (χ0n) is 14.8. The predicted molar refractivity (Wildman–Crippen MR) is 106 cm³/mol. The molecule has 4 aromatic rings. The number of carbonyl (C=O) groups excluding carboxylic acids is 1. The first-order valence-electron chi connectivity index (χ1n) is 9.02. The average Bonchev–Trinajstić information content (AvgIpc) is 3.28. The molecule has 0 saturated carbocycles. The van der Waals surface area contributed by atoms with Crippen molar-refractivity contribution in [2.45, 2.75) is 6.04 Å². The second kappa shape index (κ2) is 6.46. The number of nitrogens with zero attached hydrogens (tertiary/aromatic N) is 2. The first-order chi connectivity index (χ1) is 13.7. The number of H-pyrrole nitrogens is 1. The van der Waals surface area contributed by atoms with E-state index in [-0.39, 0.29) is 11.7 Å². The van der Waals surface area contributed by atoms with Crippen molar-refractivity contribution in [3.8, 4) is 11.3 Å². The van der Waals surface area contributed by atoms with Crippen LogP contribution in [0.25, 0.3) is 11.3 Å². The molecule has 3 aromatic carbocycles. The topological polar surface area (TPSA) is 49.0 Å². The first kappa shape index (κ1) is 16.4. The molecule has 0 saturated heterocycles. The van der Waals surface area contributed by atoms with E-state index in [0.29, 0.717) is 17.0 Å². The number of benzene rings is 3. The van der Waals surface area contributed by atoms with E-state index < -0.39 is 6.04 Å². The van der Waals surface area contributed by atoms with Gasteiger partial charge in [-0.15, -0.1) is 0 Å². The lowest BCUT2D eigenvalue weighted by Crippen LogP contribution is -2.29. The van der Waals surface area contributed by atoms with Crippen LogP contribution in [0.2, 0.25) is 0 Å². The molecule has 1 N–H and O–H groups in total. The molecule has 0 bridgehead atoms. The number of fused-ring (bicyclic) bond motifs is 1. The van der Waals surface area contributed by atoms with Crippen LogP contribution in [-0.4, -0.2) is 16.1 Å². The SMILES string of the molecule is O=C1c2[nH]nc(-c3ccccc3)c2[C@H](c2cccc(F)c2)N1c1ccccc1. The zero-order valence-corrected chi connectivity index (χ0v) is 14.8. The second-order valence-electron chi connectivity index (χ2n) is 6.70. The van der Waals surface area contributed by atoms with Crippen LogP contribution < -0.4 is 4.90 Å². The number of aromatic nitrogens is 2. The van der Waals surface area contributed by atoms with Crippen LogP contribution in [0.15, 0.2) is 84.9 Å². The molecule has 5 heteroatoms. The van der Waals surface area contributed by atoms with Crippen LogP contribution in [0.5, 0.6) is 0 Å². The molecule has 136 valence electrons. The standard InChI is InChI=1S/C23H16FN3O/c24-17-11-7-10-16(14-17)22-19-20(15-8-3-1-4-9-15)25-26-21(19)23(28)27(22)18-12-5-2-6-13-18/h1-14,22H,(H,25,26)/t22-/m0/s1. The third-order valence-electron chi connectivity index (χ3n) is 5.01. The van der Waals surface area contributed by atoms with Gasteiger partial charge in [0.1, 0.15) is 11.5 Å². The Bertz CT molecular complexity index is 1150. The Morgan fingerprint density at radius 3 is 2.32 bits per heavy atom. The third-order valence-corrected chi connectivity index (χ3v) is 5.01. The van der Waals surface area contributed by atoms with Gasteiger partial charge in [-0.1, -0.05) is 60.7 Å². The van der Waals surface area contributed by atoms with Crippen molar-refractivity contribution < 1.29 is 9.18 Å². The van der Waals surface area contributed by atoms with Gasteiger partial charge in [0, 0.05) is 16.8 Å². The Labute approximate surface area is 161 Å². The number of hydrogen-bond acceptors (Lipinski definition) is 2. The maximum atomic E-state index is 14.0. The Morgan fingerprint density at radius 1 is 0.893 bits per heavy atom. The Hall–Kier alpha value is -3.73. The highest BCUT2D eigenvalue weighted by Gasteiger charge is 2.43. The van der Waals surface area contributed by atoms with Gasteiger partial charge in [0.25, 0.3) is 5.91 Å². The number of amides is 1. The van der Waals surface area contributed by atoms with Gasteiger partial charge in [0.2, 0.25) is 0 Å². The van der Waals surface area contributed by atoms with E-state index in [1.807, 2.05) is 66.7 Å². The van der Waals surface area contributed by atoms with E-state index in [1.165, 1.54) is 12.1 Å². The van der Waals surface area contributed by atoms with Crippen molar-refractivity contribution in [1.29, 1.82) is 0 Å². The van der Waals surface area contributed by atoms with Crippen LogP contribution >= 0.6 is 0 Å². The quantitative estimate of drug-likeness (QED) is 0.554. The van der Waals surface area contributed by atoms with E-state index in [0.717, 1.165) is 16.8 Å². The van der Waals surface area contributed by atoms with Gasteiger partial charge in [-0.05, 0) is 29.8 Å². The van der Waals surface area contributed by atoms with Gasteiger partial charge in [-0.2, -0.15) is 5.10 Å². The predicted octanol–water partition coefficient (Wildman–Crippen LogP) is 4.97. The molecule has 0 fully saturated rings. The number of para-hydroxylation sites is 1. The number of rotatable bonds is 3. The van der Waals surface area contributed by atoms with Gasteiger partial charge in [0.15, 0.2) is 0 Å². The van der Waals surface area contributed by atoms with Crippen molar-refractivity contribution in [2.24, 2.45) is 0 Å². The minimum atomic E-state index is -0.463. The summed E-state index contributed by atoms with van der Waals surface area (Å²) in [5.74, 6) is -0.513. The van der Waals surface area contributed by atoms with Crippen LogP contribution in [0.4, 0.5) is 10.1 Å². The smallest absolute Gasteiger partial charge is 0.277 e. The molecule has 0 radical (unpaired) electrons. The summed E-state index contributed by atoms with van der Waals surface area (Å²) in [6, 6.07) is 25.1. The van der Waals surface area contributed by atoms with E-state index in [4.69, 9.17) is 0 Å². The molecule has 4 nitrogen and oxygen atoms in total. The molecule has 1 aliphatic rings. The first-order valence-corrected chi connectivity index (χ1v) is 9.02. The molecule has 0 spiro atoms. The number of carbonyl (C=O) groups is 1. The summed E-state index contributed by atoms with van der Waals surface area (Å²) < 4.78 is 14.0. The lowest BCUT2D eigenvalue weighted by atomic mass is 9.96. The molecule has 1 atom stereocenters. The lowest BCUT2D eigenvalue weighted by Gasteiger charge is -2.26. The van der Waals surface area contributed by atoms with Crippen molar-refractivity contribution in [1.82, 2.24) is 10.2 Å². The number of aromatic amines is 1. The van der Waals surface area contributed by atoms with Crippen molar-refractivity contribution in [2.75, 3.05) is 4.90 Å². The minimum Gasteiger partial charge on any atom is -0.295 e. The van der Waals surface area contributed by atoms with Crippen molar-refractivity contribution in [3.63, 3.8) is 0 Å². The Morgan fingerprint density at radius 2 is 1.61 bits per heavy atom. The summed E-state index contributed by atoms with van der Waals surface area (Å²) in [4.78, 5) is 15.0. The highest BCUT2D eigenvalue weighted by Crippen LogP contribution is 2.44. The summed E-state index contributed by atoms with van der Waals surface area (Å²) in [7, 11) is 0. The summed E-state index contributed by atoms with van der Waals surface area (Å²) in [5, 5.41) is 7.33. The van der Waals surface area contributed by atoms with Gasteiger partial charge < -0.3 is 0 Å². The molecule has 1 amide bonds. The monoisotopic (exact) mass is 369 g/mol. The molecular formula is C23H16FN3O. The largest absolute Gasteiger partial charge is 0.295 e. The molecule has 5 rings (SSSR count). The number of halogens is 1. The number of hydrogen-bond donors (Lipinski definition) is 1. The van der Waals surface area contributed by atoms with Gasteiger partial charge in [-0.3, -0.25) is 14.8 Å². The van der Waals surface area contributed by atoms with Crippen molar-refractivity contribution in [3.05, 3.63) is 108 Å². The molecule has 0 aliphatic carbocycles. The maximum absolute atomic E-state index is 14.0. The minimum absolute atomic E-state index is 0.176. The maximum Gasteiger partial charge on any atom is 0.277 e. The van der Waals surface area contributed by atoms with Crippen LogP contribution in [-0.2, 0) is 0 Å². The van der Waals surface area contributed by atoms with Crippen LogP contribution in [0.1, 0.15) is 27.7 Å². The molecular weight excluding hydrogens is 353 g/mol. The molecule has 1 aromatic heterocycles. The fourth-order valence-corrected chi connectivity index (χ4v) is 3.81. The average molecular weight is 369 g/mol. The fourth-order valence-electron chi connectivity index (χ4n) is 3.81. The van der Waals surface area contributed by atoms with Crippen molar-refractivity contribution >= 4 is 11.6 Å². The molecule has 1 aliphatic heterocycles. The van der Waals surface area contributed by atoms with Gasteiger partial charge in [0.05, 0.1) is 11.7 Å². The van der Waals surface area contributed by atoms with E-state index in [2.05, 4.69) is 10.2 Å². The molecule has 0 unspecified atom stereocenters. The number of nitrogens with one attached hydrogen (secondary N) is 1. The third kappa shape index (κ3) is 2.52. The van der Waals surface area contributed by atoms with Gasteiger partial charge >= 0.3 is 0 Å².